The average molecular weight is 353 g/mol. The van der Waals surface area contributed by atoms with Crippen LogP contribution in [0.2, 0.25) is 0 Å². The number of nitrogens with one attached hydrogen (secondary N) is 1. The van der Waals surface area contributed by atoms with E-state index in [9.17, 15) is 9.59 Å². The number of carbonyl (C=O) groups excluding carboxylic acids is 2. The van der Waals surface area contributed by atoms with Crippen LogP contribution in [0, 0.1) is 0 Å². The molecule has 0 radical (unpaired) electrons. The molecule has 136 valence electrons. The lowest BCUT2D eigenvalue weighted by Gasteiger charge is -2.09. The van der Waals surface area contributed by atoms with Gasteiger partial charge < -0.3 is 14.8 Å². The third kappa shape index (κ3) is 5.48. The van der Waals surface area contributed by atoms with Crippen molar-refractivity contribution in [2.45, 2.75) is 19.8 Å². The van der Waals surface area contributed by atoms with Crippen LogP contribution in [0.4, 0.5) is 5.69 Å². The molecular formula is C21H23NO4. The second kappa shape index (κ2) is 10.0. The minimum atomic E-state index is -0.500. The largest absolute Gasteiger partial charge is 0.493 e. The van der Waals surface area contributed by atoms with Gasteiger partial charge in [0.25, 0.3) is 0 Å². The van der Waals surface area contributed by atoms with Crippen LogP contribution in [-0.4, -0.2) is 25.6 Å². The highest BCUT2D eigenvalue weighted by Gasteiger charge is 2.12. The summed E-state index contributed by atoms with van der Waals surface area (Å²) in [4.78, 5) is 24.0. The zero-order chi connectivity index (χ0) is 18.8. The maximum atomic E-state index is 12.2. The Morgan fingerprint density at radius 1 is 1.08 bits per heavy atom. The second-order valence-electron chi connectivity index (χ2n) is 5.60. The summed E-state index contributed by atoms with van der Waals surface area (Å²) in [7, 11) is 1.30. The van der Waals surface area contributed by atoms with E-state index >= 15 is 0 Å². The first kappa shape index (κ1) is 19.2. The lowest BCUT2D eigenvalue weighted by atomic mass is 10.1. The summed E-state index contributed by atoms with van der Waals surface area (Å²) in [6.45, 7) is 2.74. The van der Waals surface area contributed by atoms with E-state index in [1.54, 1.807) is 30.3 Å². The van der Waals surface area contributed by atoms with Crippen LogP contribution in [0.1, 0.15) is 35.7 Å². The molecule has 0 aliphatic carbocycles. The number of esters is 1. The van der Waals surface area contributed by atoms with E-state index in [1.165, 1.54) is 13.2 Å². The van der Waals surface area contributed by atoms with Crippen LogP contribution in [0.5, 0.6) is 5.75 Å². The Hall–Kier alpha value is -3.08. The molecule has 0 unspecified atom stereocenters. The maximum absolute atomic E-state index is 12.2. The van der Waals surface area contributed by atoms with Crippen LogP contribution >= 0.6 is 0 Å². The molecule has 26 heavy (non-hydrogen) atoms. The number of para-hydroxylation sites is 2. The monoisotopic (exact) mass is 353 g/mol. The summed E-state index contributed by atoms with van der Waals surface area (Å²) in [5.74, 6) is -0.107. The van der Waals surface area contributed by atoms with Gasteiger partial charge in [0.2, 0.25) is 5.91 Å². The Labute approximate surface area is 153 Å². The maximum Gasteiger partial charge on any atom is 0.339 e. The van der Waals surface area contributed by atoms with Crippen LogP contribution in [0.3, 0.4) is 0 Å². The van der Waals surface area contributed by atoms with Crippen molar-refractivity contribution >= 4 is 23.6 Å². The molecule has 2 aromatic rings. The number of unbranched alkanes of at least 4 members (excludes halogenated alkanes) is 1. The summed E-state index contributed by atoms with van der Waals surface area (Å²) in [5, 5.41) is 2.70. The van der Waals surface area contributed by atoms with Crippen LogP contribution in [0.25, 0.3) is 6.08 Å². The topological polar surface area (TPSA) is 64.6 Å². The number of amides is 1. The van der Waals surface area contributed by atoms with E-state index in [-0.39, 0.29) is 5.91 Å². The van der Waals surface area contributed by atoms with Gasteiger partial charge in [0.05, 0.1) is 25.0 Å². The average Bonchev–Trinajstić information content (AvgIpc) is 2.67. The minimum Gasteiger partial charge on any atom is -0.493 e. The van der Waals surface area contributed by atoms with E-state index in [2.05, 4.69) is 12.2 Å². The van der Waals surface area contributed by atoms with Gasteiger partial charge in [0.15, 0.2) is 0 Å². The molecule has 0 aliphatic heterocycles. The van der Waals surface area contributed by atoms with Crippen LogP contribution < -0.4 is 10.1 Å². The SMILES string of the molecule is CCCCOc1ccccc1C=CC(=O)Nc1ccccc1C(=O)OC. The second-order valence-corrected chi connectivity index (χ2v) is 5.60. The zero-order valence-corrected chi connectivity index (χ0v) is 15.0. The number of rotatable bonds is 8. The van der Waals surface area contributed by atoms with Crippen LogP contribution in [0.15, 0.2) is 54.6 Å². The number of benzene rings is 2. The van der Waals surface area contributed by atoms with E-state index in [0.29, 0.717) is 17.9 Å². The molecule has 0 saturated heterocycles. The molecular weight excluding hydrogens is 330 g/mol. The van der Waals surface area contributed by atoms with Crippen molar-refractivity contribution in [1.82, 2.24) is 0 Å². The van der Waals surface area contributed by atoms with Crippen molar-refractivity contribution in [2.24, 2.45) is 0 Å². The highest BCUT2D eigenvalue weighted by Crippen LogP contribution is 2.20. The van der Waals surface area contributed by atoms with Gasteiger partial charge in [0, 0.05) is 11.6 Å². The van der Waals surface area contributed by atoms with Gasteiger partial charge in [-0.25, -0.2) is 4.79 Å². The lowest BCUT2D eigenvalue weighted by Crippen LogP contribution is -2.12. The molecule has 5 nitrogen and oxygen atoms in total. The molecule has 0 spiro atoms. The molecule has 5 heteroatoms. The van der Waals surface area contributed by atoms with Gasteiger partial charge in [-0.05, 0) is 30.7 Å². The summed E-state index contributed by atoms with van der Waals surface area (Å²) >= 11 is 0. The third-order valence-electron chi connectivity index (χ3n) is 3.68. The number of hydrogen-bond donors (Lipinski definition) is 1. The molecule has 1 N–H and O–H groups in total. The Morgan fingerprint density at radius 3 is 2.58 bits per heavy atom. The quantitative estimate of drug-likeness (QED) is 0.436. The molecule has 0 aliphatic rings. The smallest absolute Gasteiger partial charge is 0.339 e. The van der Waals surface area contributed by atoms with Gasteiger partial charge in [-0.1, -0.05) is 43.7 Å². The first-order valence-electron chi connectivity index (χ1n) is 8.54. The molecule has 0 saturated carbocycles. The van der Waals surface area contributed by atoms with Crippen molar-refractivity contribution in [3.63, 3.8) is 0 Å². The first-order valence-corrected chi connectivity index (χ1v) is 8.54. The van der Waals surface area contributed by atoms with Crippen molar-refractivity contribution in [3.05, 3.63) is 65.7 Å². The fraction of sp³-hybridized carbons (Fsp3) is 0.238. The number of carbonyl (C=O) groups is 2. The Kier molecular flexibility index (Phi) is 7.43. The molecule has 0 aromatic heterocycles. The third-order valence-corrected chi connectivity index (χ3v) is 3.68. The van der Waals surface area contributed by atoms with Gasteiger partial charge in [-0.3, -0.25) is 4.79 Å². The lowest BCUT2D eigenvalue weighted by molar-refractivity contribution is -0.111. The molecule has 1 amide bonds. The van der Waals surface area contributed by atoms with E-state index in [4.69, 9.17) is 9.47 Å². The zero-order valence-electron chi connectivity index (χ0n) is 15.0. The highest BCUT2D eigenvalue weighted by atomic mass is 16.5. The number of hydrogen-bond acceptors (Lipinski definition) is 4. The normalized spacial score (nSPS) is 10.5. The van der Waals surface area contributed by atoms with Crippen molar-refractivity contribution in [2.75, 3.05) is 19.0 Å². The highest BCUT2D eigenvalue weighted by molar-refractivity contribution is 6.06. The fourth-order valence-corrected chi connectivity index (χ4v) is 2.30. The van der Waals surface area contributed by atoms with Gasteiger partial charge >= 0.3 is 5.97 Å². The Balaban J connectivity index is 2.08. The van der Waals surface area contributed by atoms with Crippen molar-refractivity contribution in [3.8, 4) is 5.75 Å². The summed E-state index contributed by atoms with van der Waals surface area (Å²) in [6, 6.07) is 14.2. The Bertz CT molecular complexity index is 783. The predicted octanol–water partition coefficient (Wildman–Crippen LogP) is 4.30. The van der Waals surface area contributed by atoms with Crippen molar-refractivity contribution in [1.29, 1.82) is 0 Å². The standard InChI is InChI=1S/C21H23NO4/c1-3-4-15-26-19-12-8-5-9-16(19)13-14-20(23)22-18-11-7-6-10-17(18)21(24)25-2/h5-14H,3-4,15H2,1-2H3,(H,22,23). The predicted molar refractivity (Wildman–Crippen MR) is 102 cm³/mol. The van der Waals surface area contributed by atoms with Gasteiger partial charge in [-0.2, -0.15) is 0 Å². The molecule has 2 aromatic carbocycles. The van der Waals surface area contributed by atoms with Gasteiger partial charge in [0.1, 0.15) is 5.75 Å². The van der Waals surface area contributed by atoms with Crippen molar-refractivity contribution < 1.29 is 19.1 Å². The summed E-state index contributed by atoms with van der Waals surface area (Å²) in [6.07, 6.45) is 5.14. The Morgan fingerprint density at radius 2 is 1.81 bits per heavy atom. The van der Waals surface area contributed by atoms with E-state index in [0.717, 1.165) is 24.2 Å². The number of ether oxygens (including phenoxy) is 2. The van der Waals surface area contributed by atoms with E-state index in [1.807, 2.05) is 24.3 Å². The summed E-state index contributed by atoms with van der Waals surface area (Å²) < 4.78 is 10.5. The van der Waals surface area contributed by atoms with Crippen LogP contribution in [-0.2, 0) is 9.53 Å². The molecule has 0 fully saturated rings. The van der Waals surface area contributed by atoms with Gasteiger partial charge in [-0.15, -0.1) is 0 Å². The minimum absolute atomic E-state index is 0.306. The summed E-state index contributed by atoms with van der Waals surface area (Å²) in [5.41, 5.74) is 1.53. The number of methoxy groups -OCH3 is 1. The molecule has 0 bridgehead atoms. The first-order chi connectivity index (χ1) is 12.7. The molecule has 0 heterocycles. The molecule has 0 atom stereocenters. The molecule has 2 rings (SSSR count). The van der Waals surface area contributed by atoms with E-state index < -0.39 is 5.97 Å². The fourth-order valence-electron chi connectivity index (χ4n) is 2.30. The number of anilines is 1.